The molecule has 0 aliphatic heterocycles. The third kappa shape index (κ3) is 4.24. The predicted molar refractivity (Wildman–Crippen MR) is 118 cm³/mol. The Morgan fingerprint density at radius 2 is 2.13 bits per heavy atom. The van der Waals surface area contributed by atoms with Crippen LogP contribution in [0.4, 0.5) is 0 Å². The maximum absolute atomic E-state index is 12.0. The minimum atomic E-state index is -0.502. The number of carbonyl (C=O) groups is 1. The Morgan fingerprint density at radius 3 is 2.94 bits per heavy atom. The fourth-order valence-corrected chi connectivity index (χ4v) is 3.12. The van der Waals surface area contributed by atoms with Gasteiger partial charge in [0.25, 0.3) is 0 Å². The minimum Gasteiger partial charge on any atom is -0.457 e. The number of esters is 1. The van der Waals surface area contributed by atoms with Crippen molar-refractivity contribution >= 4 is 28.7 Å². The fraction of sp³-hybridized carbons (Fsp3) is 0.0800. The molecule has 0 aliphatic rings. The summed E-state index contributed by atoms with van der Waals surface area (Å²) in [4.78, 5) is 19.7. The number of nitrogens with zero attached hydrogens (tertiary/aromatic N) is 2. The lowest BCUT2D eigenvalue weighted by molar-refractivity contribution is 0.0557. The van der Waals surface area contributed by atoms with Gasteiger partial charge in [-0.2, -0.15) is 5.26 Å². The van der Waals surface area contributed by atoms with Gasteiger partial charge < -0.3 is 14.1 Å². The normalized spacial score (nSPS) is 11.1. The van der Waals surface area contributed by atoms with Crippen LogP contribution in [0.25, 0.3) is 34.0 Å². The molecule has 2 aromatic heterocycles. The summed E-state index contributed by atoms with van der Waals surface area (Å²) in [6, 6.07) is 18.4. The van der Waals surface area contributed by atoms with Crippen molar-refractivity contribution in [3.8, 4) is 29.7 Å². The number of aromatic nitrogens is 2. The summed E-state index contributed by atoms with van der Waals surface area (Å²) in [6.45, 7) is 1.91. The number of fused-ring (bicyclic) bond motifs is 1. The summed E-state index contributed by atoms with van der Waals surface area (Å²) < 4.78 is 10.8. The molecule has 0 amide bonds. The second kappa shape index (κ2) is 8.44. The van der Waals surface area contributed by atoms with E-state index in [9.17, 15) is 10.1 Å². The van der Waals surface area contributed by atoms with E-state index in [-0.39, 0.29) is 6.61 Å². The molecule has 0 saturated heterocycles. The smallest absolute Gasteiger partial charge is 0.339 e. The maximum atomic E-state index is 12.0. The van der Waals surface area contributed by atoms with Crippen molar-refractivity contribution in [3.05, 3.63) is 77.3 Å². The maximum Gasteiger partial charge on any atom is 0.339 e. The van der Waals surface area contributed by atoms with E-state index >= 15 is 0 Å². The molecule has 1 N–H and O–H groups in total. The number of rotatable bonds is 5. The molecule has 0 saturated carbocycles. The Hall–Kier alpha value is -4.55. The van der Waals surface area contributed by atoms with Crippen LogP contribution in [0.3, 0.4) is 0 Å². The van der Waals surface area contributed by atoms with Crippen molar-refractivity contribution < 1.29 is 13.9 Å². The first-order valence-corrected chi connectivity index (χ1v) is 9.47. The van der Waals surface area contributed by atoms with Gasteiger partial charge in [0.15, 0.2) is 6.61 Å². The van der Waals surface area contributed by atoms with Crippen molar-refractivity contribution in [2.75, 3.05) is 6.61 Å². The number of nitriles is 1. The lowest BCUT2D eigenvalue weighted by Gasteiger charge is -2.03. The molecule has 31 heavy (non-hydrogen) atoms. The molecule has 0 radical (unpaired) electrons. The van der Waals surface area contributed by atoms with Crippen LogP contribution in [-0.2, 0) is 4.74 Å². The number of benzene rings is 2. The van der Waals surface area contributed by atoms with E-state index in [0.29, 0.717) is 34.0 Å². The van der Waals surface area contributed by atoms with E-state index in [2.05, 4.69) is 22.0 Å². The largest absolute Gasteiger partial charge is 0.457 e. The topological polar surface area (TPSA) is 91.9 Å². The van der Waals surface area contributed by atoms with Gasteiger partial charge in [0.1, 0.15) is 23.4 Å². The molecule has 4 rings (SSSR count). The summed E-state index contributed by atoms with van der Waals surface area (Å²) in [5.41, 5.74) is 4.18. The van der Waals surface area contributed by atoms with E-state index in [1.165, 1.54) is 0 Å². The fourth-order valence-electron chi connectivity index (χ4n) is 3.12. The quantitative estimate of drug-likeness (QED) is 0.286. The summed E-state index contributed by atoms with van der Waals surface area (Å²) in [5, 5.41) is 9.63. The number of H-pyrrole nitrogens is 1. The third-order valence-corrected chi connectivity index (χ3v) is 4.60. The molecule has 0 spiro atoms. The number of aromatic amines is 1. The van der Waals surface area contributed by atoms with Crippen LogP contribution in [0.15, 0.2) is 59.0 Å². The first kappa shape index (κ1) is 19.8. The van der Waals surface area contributed by atoms with Crippen molar-refractivity contribution in [1.29, 1.82) is 5.26 Å². The highest BCUT2D eigenvalue weighted by Crippen LogP contribution is 2.26. The van der Waals surface area contributed by atoms with Gasteiger partial charge in [-0.1, -0.05) is 24.1 Å². The zero-order valence-corrected chi connectivity index (χ0v) is 16.7. The molecule has 6 nitrogen and oxygen atoms in total. The Bertz CT molecular complexity index is 1390. The number of nitrogens with one attached hydrogen (secondary N) is 1. The van der Waals surface area contributed by atoms with Crippen molar-refractivity contribution in [1.82, 2.24) is 9.97 Å². The lowest BCUT2D eigenvalue weighted by atomic mass is 10.1. The first-order valence-electron chi connectivity index (χ1n) is 9.47. The van der Waals surface area contributed by atoms with Crippen LogP contribution in [-0.4, -0.2) is 22.5 Å². The van der Waals surface area contributed by atoms with Crippen LogP contribution >= 0.6 is 0 Å². The lowest BCUT2D eigenvalue weighted by Crippen LogP contribution is -2.05. The monoisotopic (exact) mass is 407 g/mol. The molecule has 2 aromatic carbocycles. The number of carbonyl (C=O) groups excluding carboxylic acids is 1. The van der Waals surface area contributed by atoms with Gasteiger partial charge in [0, 0.05) is 11.6 Å². The van der Waals surface area contributed by atoms with Crippen LogP contribution in [0.1, 0.15) is 27.5 Å². The minimum absolute atomic E-state index is 0.0863. The van der Waals surface area contributed by atoms with E-state index in [0.717, 1.165) is 16.6 Å². The SMILES string of the molecule is C#CCOC(=O)c1cccc(-c2ccc(/C=C(/C#N)c3nc4ccc(C)cc4[nH]3)o2)c1. The Balaban J connectivity index is 1.62. The molecule has 0 fully saturated rings. The molecule has 0 atom stereocenters. The van der Waals surface area contributed by atoms with Gasteiger partial charge in [-0.3, -0.25) is 0 Å². The number of allylic oxidation sites excluding steroid dienone is 1. The standard InChI is InChI=1S/C25H17N3O3/c1-3-11-30-25(29)18-6-4-5-17(13-18)23-10-8-20(31-23)14-19(15-26)24-27-21-9-7-16(2)12-22(21)28-24/h1,4-10,12-14H,11H2,2H3,(H,27,28)/b19-14-. The molecule has 0 bridgehead atoms. The summed E-state index contributed by atoms with van der Waals surface area (Å²) in [6.07, 6.45) is 6.75. The Morgan fingerprint density at radius 1 is 1.26 bits per heavy atom. The number of aryl methyl sites for hydroxylation is 1. The molecule has 4 aromatic rings. The predicted octanol–water partition coefficient (Wildman–Crippen LogP) is 4.99. The number of hydrogen-bond donors (Lipinski definition) is 1. The highest BCUT2D eigenvalue weighted by molar-refractivity contribution is 5.91. The van der Waals surface area contributed by atoms with Gasteiger partial charge in [-0.25, -0.2) is 9.78 Å². The van der Waals surface area contributed by atoms with E-state index < -0.39 is 5.97 Å². The van der Waals surface area contributed by atoms with Crippen LogP contribution in [0.5, 0.6) is 0 Å². The van der Waals surface area contributed by atoms with E-state index in [1.54, 1.807) is 36.4 Å². The number of furan rings is 1. The van der Waals surface area contributed by atoms with Gasteiger partial charge in [0.05, 0.1) is 22.2 Å². The highest BCUT2D eigenvalue weighted by atomic mass is 16.5. The Labute approximate surface area is 178 Å². The zero-order valence-electron chi connectivity index (χ0n) is 16.7. The molecule has 0 aliphatic carbocycles. The summed E-state index contributed by atoms with van der Waals surface area (Å²) >= 11 is 0. The van der Waals surface area contributed by atoms with Crippen LogP contribution in [0, 0.1) is 30.6 Å². The number of ether oxygens (including phenoxy) is 1. The van der Waals surface area contributed by atoms with E-state index in [1.807, 2.05) is 31.2 Å². The molecule has 2 heterocycles. The van der Waals surface area contributed by atoms with Crippen molar-refractivity contribution in [2.24, 2.45) is 0 Å². The van der Waals surface area contributed by atoms with Crippen LogP contribution < -0.4 is 0 Å². The zero-order chi connectivity index (χ0) is 21.8. The summed E-state index contributed by atoms with van der Waals surface area (Å²) in [7, 11) is 0. The molecular formula is C25H17N3O3. The Kier molecular flexibility index (Phi) is 5.38. The highest BCUT2D eigenvalue weighted by Gasteiger charge is 2.12. The van der Waals surface area contributed by atoms with E-state index in [4.69, 9.17) is 15.6 Å². The van der Waals surface area contributed by atoms with Gasteiger partial charge in [-0.15, -0.1) is 6.42 Å². The number of terminal acetylenes is 1. The van der Waals surface area contributed by atoms with Crippen molar-refractivity contribution in [2.45, 2.75) is 6.92 Å². The number of imidazole rings is 1. The average molecular weight is 407 g/mol. The van der Waals surface area contributed by atoms with Gasteiger partial charge in [0.2, 0.25) is 0 Å². The molecule has 150 valence electrons. The molecule has 0 unspecified atom stereocenters. The molecule has 6 heteroatoms. The average Bonchev–Trinajstić information content (AvgIpc) is 3.42. The number of hydrogen-bond acceptors (Lipinski definition) is 5. The molecular weight excluding hydrogens is 390 g/mol. The second-order valence-electron chi connectivity index (χ2n) is 6.84. The second-order valence-corrected chi connectivity index (χ2v) is 6.84. The van der Waals surface area contributed by atoms with Crippen LogP contribution in [0.2, 0.25) is 0 Å². The van der Waals surface area contributed by atoms with Gasteiger partial charge in [-0.05, 0) is 48.9 Å². The third-order valence-electron chi connectivity index (χ3n) is 4.60. The first-order chi connectivity index (χ1) is 15.1. The summed E-state index contributed by atoms with van der Waals surface area (Å²) in [5.74, 6) is 3.27. The van der Waals surface area contributed by atoms with Crippen molar-refractivity contribution in [3.63, 3.8) is 0 Å². The van der Waals surface area contributed by atoms with Gasteiger partial charge >= 0.3 is 5.97 Å².